The molecule has 5 nitrogen and oxygen atoms in total. The molecular formula is C15H14BrNO4. The van der Waals surface area contributed by atoms with Gasteiger partial charge in [-0.1, -0.05) is 22.8 Å². The lowest BCUT2D eigenvalue weighted by atomic mass is 10.2. The molecule has 2 aromatic rings. The number of aromatic nitrogens is 1. The summed E-state index contributed by atoms with van der Waals surface area (Å²) in [5.41, 5.74) is 0.409. The molecule has 0 aliphatic carbocycles. The minimum atomic E-state index is -0.594. The maximum Gasteiger partial charge on any atom is 0.605 e. The smallest absolute Gasteiger partial charge is 0.605 e. The molecule has 110 valence electrons. The van der Waals surface area contributed by atoms with Crippen molar-refractivity contribution in [1.29, 1.82) is 0 Å². The highest BCUT2D eigenvalue weighted by Crippen LogP contribution is 2.07. The van der Waals surface area contributed by atoms with Crippen LogP contribution in [0.3, 0.4) is 0 Å². The summed E-state index contributed by atoms with van der Waals surface area (Å²) in [6.07, 6.45) is 0.884. The lowest BCUT2D eigenvalue weighted by Crippen LogP contribution is -3.00. The first-order valence-electron chi connectivity index (χ1n) is 6.17. The van der Waals surface area contributed by atoms with E-state index in [9.17, 15) is 9.59 Å². The number of pyridine rings is 1. The predicted molar refractivity (Wildman–Crippen MR) is 70.5 cm³/mol. The van der Waals surface area contributed by atoms with Crippen molar-refractivity contribution >= 4 is 12.1 Å². The van der Waals surface area contributed by atoms with Gasteiger partial charge < -0.3 is 26.5 Å². The fraction of sp³-hybridized carbons (Fsp3) is 0.133. The predicted octanol–water partition coefficient (Wildman–Crippen LogP) is -0.798. The van der Waals surface area contributed by atoms with Gasteiger partial charge in [-0.15, -0.1) is 0 Å². The molecule has 0 saturated carbocycles. The number of ether oxygens (including phenoxy) is 2. The van der Waals surface area contributed by atoms with E-state index in [1.54, 1.807) is 49.4 Å². The van der Waals surface area contributed by atoms with E-state index >= 15 is 0 Å². The first-order chi connectivity index (χ1) is 9.72. The molecule has 0 fully saturated rings. The van der Waals surface area contributed by atoms with Crippen molar-refractivity contribution in [2.45, 2.75) is 6.92 Å². The number of hydrogen-bond acceptors (Lipinski definition) is 4. The Balaban J connectivity index is 0.00000220. The maximum atomic E-state index is 12.0. The molecule has 0 aliphatic heterocycles. The average Bonchev–Trinajstić information content (AvgIpc) is 2.49. The molecule has 6 heteroatoms. The second kappa shape index (κ2) is 8.16. The topological polar surface area (TPSA) is 56.5 Å². The lowest BCUT2D eigenvalue weighted by Gasteiger charge is -2.03. The van der Waals surface area contributed by atoms with Gasteiger partial charge in [0.05, 0.1) is 18.2 Å². The van der Waals surface area contributed by atoms with E-state index in [0.717, 1.165) is 4.57 Å². The molecule has 0 aliphatic rings. The molecule has 2 rings (SSSR count). The normalized spacial score (nSPS) is 9.38. The lowest BCUT2D eigenvalue weighted by molar-refractivity contribution is -0.591. The highest BCUT2D eigenvalue weighted by Gasteiger charge is 2.24. The van der Waals surface area contributed by atoms with E-state index in [1.165, 1.54) is 12.3 Å². The molecule has 0 bridgehead atoms. The number of halogens is 1. The zero-order valence-corrected chi connectivity index (χ0v) is 12.9. The van der Waals surface area contributed by atoms with Gasteiger partial charge in [0, 0.05) is 6.07 Å². The third-order valence-electron chi connectivity index (χ3n) is 2.49. The SMILES string of the molecule is CCOC(=O)[n+]1ccccc1OC(=O)c1ccccc1.[Br-]. The van der Waals surface area contributed by atoms with E-state index in [2.05, 4.69) is 0 Å². The highest BCUT2D eigenvalue weighted by atomic mass is 79.9. The zero-order valence-electron chi connectivity index (χ0n) is 11.4. The molecular weight excluding hydrogens is 338 g/mol. The number of nitrogens with zero attached hydrogens (tertiary/aromatic N) is 1. The van der Waals surface area contributed by atoms with Crippen LogP contribution in [0.5, 0.6) is 5.88 Å². The van der Waals surface area contributed by atoms with Gasteiger partial charge >= 0.3 is 17.9 Å². The molecule has 0 spiro atoms. The van der Waals surface area contributed by atoms with Crippen LogP contribution in [-0.4, -0.2) is 18.7 Å². The van der Waals surface area contributed by atoms with Gasteiger partial charge in [-0.2, -0.15) is 4.79 Å². The zero-order chi connectivity index (χ0) is 14.4. The van der Waals surface area contributed by atoms with Crippen molar-refractivity contribution in [3.05, 3.63) is 60.3 Å². The highest BCUT2D eigenvalue weighted by molar-refractivity contribution is 5.90. The van der Waals surface area contributed by atoms with Gasteiger partial charge in [-0.25, -0.2) is 4.79 Å². The van der Waals surface area contributed by atoms with Crippen molar-refractivity contribution < 1.29 is 40.6 Å². The number of benzene rings is 1. The number of hydrogen-bond donors (Lipinski definition) is 0. The molecule has 21 heavy (non-hydrogen) atoms. The summed E-state index contributed by atoms with van der Waals surface area (Å²) in [7, 11) is 0. The minimum absolute atomic E-state index is 0. The Morgan fingerprint density at radius 3 is 2.38 bits per heavy atom. The summed E-state index contributed by atoms with van der Waals surface area (Å²) < 4.78 is 11.3. The van der Waals surface area contributed by atoms with Crippen LogP contribution in [0.15, 0.2) is 54.7 Å². The van der Waals surface area contributed by atoms with Crippen molar-refractivity contribution in [3.63, 3.8) is 0 Å². The molecule has 0 saturated heterocycles. The van der Waals surface area contributed by atoms with Gasteiger partial charge in [0.25, 0.3) is 0 Å². The van der Waals surface area contributed by atoms with Crippen LogP contribution >= 0.6 is 0 Å². The van der Waals surface area contributed by atoms with Crippen LogP contribution in [0.4, 0.5) is 4.79 Å². The summed E-state index contributed by atoms with van der Waals surface area (Å²) >= 11 is 0. The summed E-state index contributed by atoms with van der Waals surface area (Å²) in [5.74, 6) is -0.422. The number of carbonyl (C=O) groups is 2. The molecule has 1 aromatic carbocycles. The van der Waals surface area contributed by atoms with Crippen molar-refractivity contribution in [1.82, 2.24) is 0 Å². The Morgan fingerprint density at radius 1 is 1.05 bits per heavy atom. The fourth-order valence-electron chi connectivity index (χ4n) is 1.58. The molecule has 0 N–H and O–H groups in total. The fourth-order valence-corrected chi connectivity index (χ4v) is 1.58. The second-order valence-corrected chi connectivity index (χ2v) is 3.86. The van der Waals surface area contributed by atoms with E-state index in [0.29, 0.717) is 5.56 Å². The molecule has 0 atom stereocenters. The largest absolute Gasteiger partial charge is 1.00 e. The molecule has 0 radical (unpaired) electrons. The van der Waals surface area contributed by atoms with Crippen molar-refractivity contribution in [2.75, 3.05) is 6.61 Å². The Labute approximate surface area is 132 Å². The van der Waals surface area contributed by atoms with Gasteiger partial charge in [0.15, 0.2) is 6.20 Å². The molecule has 0 unspecified atom stereocenters. The summed E-state index contributed by atoms with van der Waals surface area (Å²) in [6.45, 7) is 1.95. The maximum absolute atomic E-state index is 12.0. The molecule has 1 aromatic heterocycles. The van der Waals surface area contributed by atoms with Crippen LogP contribution in [0.2, 0.25) is 0 Å². The quantitative estimate of drug-likeness (QED) is 0.536. The Bertz CT molecular complexity index is 616. The third-order valence-corrected chi connectivity index (χ3v) is 2.49. The van der Waals surface area contributed by atoms with Gasteiger partial charge in [-0.05, 0) is 25.1 Å². The van der Waals surface area contributed by atoms with Crippen LogP contribution in [0.25, 0.3) is 0 Å². The Hall–Kier alpha value is -2.21. The van der Waals surface area contributed by atoms with Gasteiger partial charge in [0.2, 0.25) is 0 Å². The minimum Gasteiger partial charge on any atom is -1.00 e. The van der Waals surface area contributed by atoms with E-state index in [1.807, 2.05) is 0 Å². The van der Waals surface area contributed by atoms with E-state index < -0.39 is 12.1 Å². The molecule has 1 heterocycles. The summed E-state index contributed by atoms with van der Waals surface area (Å²) in [5, 5.41) is 0. The second-order valence-electron chi connectivity index (χ2n) is 3.86. The van der Waals surface area contributed by atoms with E-state index in [4.69, 9.17) is 9.47 Å². The molecule has 0 amide bonds. The first-order valence-corrected chi connectivity index (χ1v) is 6.17. The standard InChI is InChI=1S/C15H14NO4.BrH/c1-2-19-15(18)16-11-7-6-10-13(16)20-14(17)12-8-4-3-5-9-12;/h3-11H,2H2,1H3;1H/q+1;/p-1. The Morgan fingerprint density at radius 2 is 1.71 bits per heavy atom. The number of esters is 1. The Kier molecular flexibility index (Phi) is 6.55. The first kappa shape index (κ1) is 16.8. The average molecular weight is 352 g/mol. The van der Waals surface area contributed by atoms with Crippen LogP contribution in [0, 0.1) is 0 Å². The number of carbonyl (C=O) groups excluding carboxylic acids is 2. The van der Waals surface area contributed by atoms with Crippen LogP contribution in [-0.2, 0) is 4.74 Å². The monoisotopic (exact) mass is 351 g/mol. The van der Waals surface area contributed by atoms with Gasteiger partial charge in [-0.3, -0.25) is 0 Å². The van der Waals surface area contributed by atoms with Crippen molar-refractivity contribution in [2.24, 2.45) is 0 Å². The van der Waals surface area contributed by atoms with Crippen LogP contribution < -0.4 is 26.3 Å². The summed E-state index contributed by atoms with van der Waals surface area (Å²) in [4.78, 5) is 23.7. The number of rotatable bonds is 3. The third kappa shape index (κ3) is 4.39. The van der Waals surface area contributed by atoms with Crippen molar-refractivity contribution in [3.8, 4) is 5.88 Å². The van der Waals surface area contributed by atoms with Crippen LogP contribution in [0.1, 0.15) is 17.3 Å². The summed E-state index contributed by atoms with van der Waals surface area (Å²) in [6, 6.07) is 13.4. The van der Waals surface area contributed by atoms with Gasteiger partial charge in [0.1, 0.15) is 0 Å². The van der Waals surface area contributed by atoms with E-state index in [-0.39, 0.29) is 29.5 Å².